The first-order valence-corrected chi connectivity index (χ1v) is 25.3. The first-order valence-electron chi connectivity index (χ1n) is 25.3. The van der Waals surface area contributed by atoms with Crippen LogP contribution >= 0.6 is 0 Å². The van der Waals surface area contributed by atoms with Crippen LogP contribution in [-0.2, 0) is 16.2 Å². The molecule has 3 aliphatic heterocycles. The molecule has 4 aliphatic rings. The number of hydrogen-bond acceptors (Lipinski definition) is 4. The first kappa shape index (κ1) is 43.3. The maximum atomic E-state index is 2.79. The third kappa shape index (κ3) is 6.71. The molecular formula is C64H63BN4. The summed E-state index contributed by atoms with van der Waals surface area (Å²) in [6, 6.07) is 71.2. The fourth-order valence-electron chi connectivity index (χ4n) is 12.6. The summed E-state index contributed by atoms with van der Waals surface area (Å²) in [5.74, 6) is 0. The molecule has 1 saturated carbocycles. The van der Waals surface area contributed by atoms with E-state index < -0.39 is 0 Å². The van der Waals surface area contributed by atoms with E-state index in [0.29, 0.717) is 0 Å². The number of hydrogen-bond donors (Lipinski definition) is 0. The van der Waals surface area contributed by atoms with Crippen molar-refractivity contribution in [3.8, 4) is 0 Å². The second kappa shape index (κ2) is 15.8. The summed E-state index contributed by atoms with van der Waals surface area (Å²) in [5.41, 5.74) is 21.3. The highest BCUT2D eigenvalue weighted by Gasteiger charge is 2.58. The Balaban J connectivity index is 1.14. The lowest BCUT2D eigenvalue weighted by Gasteiger charge is -2.51. The third-order valence-electron chi connectivity index (χ3n) is 16.5. The van der Waals surface area contributed by atoms with E-state index >= 15 is 0 Å². The largest absolute Gasteiger partial charge is 0.334 e. The van der Waals surface area contributed by atoms with Crippen LogP contribution in [0.15, 0.2) is 188 Å². The van der Waals surface area contributed by atoms with E-state index in [4.69, 9.17) is 0 Å². The van der Waals surface area contributed by atoms with E-state index in [1.807, 2.05) is 0 Å². The van der Waals surface area contributed by atoms with Crippen molar-refractivity contribution in [3.63, 3.8) is 0 Å². The highest BCUT2D eigenvalue weighted by Crippen LogP contribution is 2.62. The second-order valence-corrected chi connectivity index (χ2v) is 22.6. The van der Waals surface area contributed by atoms with Gasteiger partial charge in [-0.2, -0.15) is 0 Å². The summed E-state index contributed by atoms with van der Waals surface area (Å²) in [4.78, 5) is 10.4. The van der Waals surface area contributed by atoms with Gasteiger partial charge in [0, 0.05) is 68.0 Å². The van der Waals surface area contributed by atoms with Crippen LogP contribution in [0.25, 0.3) is 0 Å². The molecule has 0 radical (unpaired) electrons. The van der Waals surface area contributed by atoms with Crippen molar-refractivity contribution in [2.45, 2.75) is 103 Å². The summed E-state index contributed by atoms with van der Waals surface area (Å²) in [5, 5.41) is 0. The van der Waals surface area contributed by atoms with Gasteiger partial charge in [-0.3, -0.25) is 0 Å². The molecule has 342 valence electrons. The normalized spacial score (nSPS) is 19.1. The second-order valence-electron chi connectivity index (χ2n) is 22.6. The third-order valence-corrected chi connectivity index (χ3v) is 16.5. The lowest BCUT2D eigenvalue weighted by Crippen LogP contribution is -2.61. The van der Waals surface area contributed by atoms with E-state index in [9.17, 15) is 0 Å². The van der Waals surface area contributed by atoms with E-state index in [2.05, 4.69) is 263 Å². The Labute approximate surface area is 411 Å². The Morgan fingerprint density at radius 3 is 1.58 bits per heavy atom. The van der Waals surface area contributed by atoms with Gasteiger partial charge in [-0.1, -0.05) is 158 Å². The van der Waals surface area contributed by atoms with Crippen LogP contribution in [0.4, 0.5) is 62.6 Å². The van der Waals surface area contributed by atoms with Gasteiger partial charge in [-0.05, 0) is 155 Å². The number of para-hydroxylation sites is 4. The lowest BCUT2D eigenvalue weighted by atomic mass is 9.33. The minimum atomic E-state index is -0.186. The molecule has 0 aromatic heterocycles. The van der Waals surface area contributed by atoms with Gasteiger partial charge in [0.05, 0.1) is 5.54 Å². The molecule has 2 unspecified atom stereocenters. The van der Waals surface area contributed by atoms with Gasteiger partial charge in [0.25, 0.3) is 6.71 Å². The van der Waals surface area contributed by atoms with Crippen LogP contribution in [0.3, 0.4) is 0 Å². The van der Waals surface area contributed by atoms with Crippen molar-refractivity contribution < 1.29 is 0 Å². The first-order chi connectivity index (χ1) is 33.2. The molecule has 0 N–H and O–H groups in total. The van der Waals surface area contributed by atoms with Gasteiger partial charge in [-0.25, -0.2) is 0 Å². The maximum absolute atomic E-state index is 2.79. The smallest absolute Gasteiger partial charge is 0.252 e. The number of anilines is 11. The number of nitrogens with zero attached hydrogens (tertiary/aromatic N) is 4. The minimum absolute atomic E-state index is 0.0181. The summed E-state index contributed by atoms with van der Waals surface area (Å²) >= 11 is 0. The average molecular weight is 899 g/mol. The molecule has 0 bridgehead atoms. The van der Waals surface area contributed by atoms with Crippen molar-refractivity contribution in [3.05, 3.63) is 205 Å². The SMILES string of the molecule is CC(C)(C)c1ccc(N2c3ccc(C(C)(C)C)cc3B3c4ccccc4N(c4ccccc4)c4cc(N5c6ccc(N(c7ccccc7)c7ccccc7)cc6C6(C)CCCCC56C)cc2c43)cc1. The Kier molecular flexibility index (Phi) is 9.91. The zero-order valence-corrected chi connectivity index (χ0v) is 41.6. The fourth-order valence-corrected chi connectivity index (χ4v) is 12.6. The summed E-state index contributed by atoms with van der Waals surface area (Å²) in [7, 11) is 0. The molecule has 0 saturated heterocycles. The zero-order valence-electron chi connectivity index (χ0n) is 41.6. The average Bonchev–Trinajstić information content (AvgIpc) is 3.56. The highest BCUT2D eigenvalue weighted by molar-refractivity contribution is 7.00. The van der Waals surface area contributed by atoms with Crippen molar-refractivity contribution in [1.29, 1.82) is 0 Å². The Morgan fingerprint density at radius 1 is 0.435 bits per heavy atom. The molecule has 2 atom stereocenters. The maximum Gasteiger partial charge on any atom is 0.252 e. The van der Waals surface area contributed by atoms with E-state index in [1.54, 1.807) is 0 Å². The molecule has 69 heavy (non-hydrogen) atoms. The molecule has 4 nitrogen and oxygen atoms in total. The topological polar surface area (TPSA) is 13.0 Å². The van der Waals surface area contributed by atoms with E-state index in [1.165, 1.54) is 97.1 Å². The molecule has 3 heterocycles. The van der Waals surface area contributed by atoms with Crippen LogP contribution in [-0.4, -0.2) is 12.3 Å². The number of rotatable bonds is 6. The zero-order chi connectivity index (χ0) is 47.5. The minimum Gasteiger partial charge on any atom is -0.334 e. The van der Waals surface area contributed by atoms with Crippen LogP contribution < -0.4 is 36.0 Å². The van der Waals surface area contributed by atoms with Crippen LogP contribution in [0, 0.1) is 0 Å². The van der Waals surface area contributed by atoms with Gasteiger partial charge >= 0.3 is 0 Å². The summed E-state index contributed by atoms with van der Waals surface area (Å²) < 4.78 is 0. The number of benzene rings is 8. The predicted octanol–water partition coefficient (Wildman–Crippen LogP) is 15.6. The Morgan fingerprint density at radius 2 is 0.957 bits per heavy atom. The van der Waals surface area contributed by atoms with Crippen molar-refractivity contribution in [2.24, 2.45) is 0 Å². The lowest BCUT2D eigenvalue weighted by molar-refractivity contribution is 0.195. The van der Waals surface area contributed by atoms with Crippen LogP contribution in [0.5, 0.6) is 0 Å². The monoisotopic (exact) mass is 899 g/mol. The Hall–Kier alpha value is -6.98. The molecule has 12 rings (SSSR count). The van der Waals surface area contributed by atoms with Gasteiger partial charge in [-0.15, -0.1) is 0 Å². The Bertz CT molecular complexity index is 3200. The summed E-state index contributed by atoms with van der Waals surface area (Å²) in [6.45, 7) is 19.1. The molecular weight excluding hydrogens is 836 g/mol. The quantitative estimate of drug-likeness (QED) is 0.154. The van der Waals surface area contributed by atoms with Gasteiger partial charge < -0.3 is 19.6 Å². The van der Waals surface area contributed by atoms with Crippen LogP contribution in [0.1, 0.15) is 97.8 Å². The standard InChI is InChI=1S/C64H63BN4/c1-61(2,3)44-30-33-49(34-31-44)68-57-36-32-45(62(4,5)6)40-54(57)65-53-28-18-19-29-56(53)67(48-26-16-11-17-27-48)58-42-51(43-59(68)60(58)65)69-55-37-35-50(41-52(55)63(7)38-20-21-39-64(63,69)8)66(46-22-12-9-13-23-46)47-24-14-10-15-25-47/h9-19,22-37,40-43H,20-21,38-39H2,1-8H3. The van der Waals surface area contributed by atoms with Crippen molar-refractivity contribution >= 4 is 85.7 Å². The molecule has 1 fully saturated rings. The van der Waals surface area contributed by atoms with Gasteiger partial charge in [0.15, 0.2) is 0 Å². The molecule has 0 amide bonds. The van der Waals surface area contributed by atoms with Crippen molar-refractivity contribution in [1.82, 2.24) is 0 Å². The predicted molar refractivity (Wildman–Crippen MR) is 295 cm³/mol. The fraction of sp³-hybridized carbons (Fsp3) is 0.250. The molecule has 0 spiro atoms. The number of fused-ring (bicyclic) bond motifs is 7. The summed E-state index contributed by atoms with van der Waals surface area (Å²) in [6.07, 6.45) is 4.65. The van der Waals surface area contributed by atoms with Gasteiger partial charge in [0.2, 0.25) is 0 Å². The van der Waals surface area contributed by atoms with E-state index in [-0.39, 0.29) is 28.5 Å². The van der Waals surface area contributed by atoms with Crippen LogP contribution in [0.2, 0.25) is 0 Å². The molecule has 1 aliphatic carbocycles. The van der Waals surface area contributed by atoms with Crippen molar-refractivity contribution in [2.75, 3.05) is 19.6 Å². The van der Waals surface area contributed by atoms with Gasteiger partial charge in [0.1, 0.15) is 0 Å². The molecule has 8 aromatic rings. The molecule has 5 heteroatoms. The van der Waals surface area contributed by atoms with E-state index in [0.717, 1.165) is 24.2 Å². The molecule has 8 aromatic carbocycles. The highest BCUT2D eigenvalue weighted by atomic mass is 15.3.